The fourth-order valence-electron chi connectivity index (χ4n) is 3.31. The van der Waals surface area contributed by atoms with Crippen LogP contribution in [0.2, 0.25) is 0 Å². The number of anilines is 1. The summed E-state index contributed by atoms with van der Waals surface area (Å²) in [7, 11) is 0. The van der Waals surface area contributed by atoms with Gasteiger partial charge in [-0.3, -0.25) is 4.90 Å². The molecule has 0 bridgehead atoms. The van der Waals surface area contributed by atoms with Crippen molar-refractivity contribution < 1.29 is 0 Å². The van der Waals surface area contributed by atoms with E-state index in [0.29, 0.717) is 6.04 Å². The molecule has 0 saturated carbocycles. The molecule has 2 aromatic heterocycles. The zero-order valence-corrected chi connectivity index (χ0v) is 14.4. The lowest BCUT2D eigenvalue weighted by Crippen LogP contribution is -2.52. The van der Waals surface area contributed by atoms with Gasteiger partial charge in [0.25, 0.3) is 0 Å². The van der Waals surface area contributed by atoms with Gasteiger partial charge in [-0.05, 0) is 24.6 Å². The van der Waals surface area contributed by atoms with Gasteiger partial charge >= 0.3 is 0 Å². The molecule has 0 N–H and O–H groups in total. The van der Waals surface area contributed by atoms with E-state index in [0.717, 1.165) is 37.6 Å². The van der Waals surface area contributed by atoms with Crippen LogP contribution in [-0.4, -0.2) is 56.9 Å². The smallest absolute Gasteiger partial charge is 0.177 e. The number of benzene rings is 1. The lowest BCUT2D eigenvalue weighted by molar-refractivity contribution is 0.250. The normalized spacial score (nSPS) is 19.1. The van der Waals surface area contributed by atoms with Crippen LogP contribution in [-0.2, 0) is 0 Å². The average Bonchev–Trinajstić information content (AvgIpc) is 3.10. The standard InChI is InChI=1S/C19H22N6/c1-16-14-23(11-5-8-17-6-3-2-4-7-17)12-13-24(16)19-10-9-18-21-20-15-25(18)22-19/h2-10,15-16H,11-14H2,1H3/b8-5+. The zero-order valence-electron chi connectivity index (χ0n) is 14.4. The highest BCUT2D eigenvalue weighted by atomic mass is 15.4. The van der Waals surface area contributed by atoms with Crippen LogP contribution in [0.3, 0.4) is 0 Å². The molecule has 1 unspecified atom stereocenters. The van der Waals surface area contributed by atoms with E-state index in [9.17, 15) is 0 Å². The van der Waals surface area contributed by atoms with Crippen LogP contribution in [0.5, 0.6) is 0 Å². The lowest BCUT2D eigenvalue weighted by Gasteiger charge is -2.40. The van der Waals surface area contributed by atoms with E-state index in [1.807, 2.05) is 18.2 Å². The number of fused-ring (bicyclic) bond motifs is 1. The van der Waals surface area contributed by atoms with Crippen molar-refractivity contribution in [1.82, 2.24) is 24.7 Å². The maximum atomic E-state index is 4.62. The van der Waals surface area contributed by atoms with Gasteiger partial charge in [0.1, 0.15) is 12.1 Å². The Labute approximate surface area is 147 Å². The van der Waals surface area contributed by atoms with Crippen molar-refractivity contribution in [3.63, 3.8) is 0 Å². The molecule has 1 aromatic carbocycles. The third-order valence-corrected chi connectivity index (χ3v) is 4.63. The van der Waals surface area contributed by atoms with Gasteiger partial charge in [-0.15, -0.1) is 15.3 Å². The molecule has 1 atom stereocenters. The third kappa shape index (κ3) is 3.53. The first kappa shape index (κ1) is 15.8. The van der Waals surface area contributed by atoms with E-state index >= 15 is 0 Å². The van der Waals surface area contributed by atoms with E-state index in [1.54, 1.807) is 10.8 Å². The minimum Gasteiger partial charge on any atom is -0.350 e. The van der Waals surface area contributed by atoms with Crippen molar-refractivity contribution >= 4 is 17.5 Å². The molecular weight excluding hydrogens is 312 g/mol. The Hall–Kier alpha value is -2.73. The van der Waals surface area contributed by atoms with Crippen LogP contribution in [0, 0.1) is 0 Å². The Balaban J connectivity index is 1.37. The van der Waals surface area contributed by atoms with Crippen molar-refractivity contribution in [3.8, 4) is 0 Å². The summed E-state index contributed by atoms with van der Waals surface area (Å²) in [6, 6.07) is 14.9. The second kappa shape index (κ2) is 7.03. The van der Waals surface area contributed by atoms with Gasteiger partial charge in [-0.1, -0.05) is 42.5 Å². The number of piperazine rings is 1. The van der Waals surface area contributed by atoms with Crippen LogP contribution >= 0.6 is 0 Å². The first-order valence-corrected chi connectivity index (χ1v) is 8.67. The maximum absolute atomic E-state index is 4.62. The predicted molar refractivity (Wildman–Crippen MR) is 99.5 cm³/mol. The number of hydrogen-bond donors (Lipinski definition) is 0. The number of rotatable bonds is 4. The largest absolute Gasteiger partial charge is 0.350 e. The van der Waals surface area contributed by atoms with Gasteiger partial charge in [0, 0.05) is 32.2 Å². The van der Waals surface area contributed by atoms with Crippen molar-refractivity contribution in [2.45, 2.75) is 13.0 Å². The molecule has 1 saturated heterocycles. The highest BCUT2D eigenvalue weighted by molar-refractivity contribution is 5.49. The summed E-state index contributed by atoms with van der Waals surface area (Å²) in [4.78, 5) is 4.84. The molecule has 1 fully saturated rings. The minimum atomic E-state index is 0.417. The fourth-order valence-corrected chi connectivity index (χ4v) is 3.31. The fraction of sp³-hybridized carbons (Fsp3) is 0.316. The molecule has 6 heteroatoms. The Morgan fingerprint density at radius 3 is 2.84 bits per heavy atom. The molecule has 128 valence electrons. The second-order valence-electron chi connectivity index (χ2n) is 6.44. The minimum absolute atomic E-state index is 0.417. The van der Waals surface area contributed by atoms with Crippen molar-refractivity contribution in [2.75, 3.05) is 31.1 Å². The summed E-state index contributed by atoms with van der Waals surface area (Å²) in [5, 5.41) is 12.5. The Morgan fingerprint density at radius 1 is 1.12 bits per heavy atom. The number of hydrogen-bond acceptors (Lipinski definition) is 5. The molecule has 0 spiro atoms. The molecule has 0 radical (unpaired) electrons. The summed E-state index contributed by atoms with van der Waals surface area (Å²) in [5.74, 6) is 0.985. The van der Waals surface area contributed by atoms with Crippen LogP contribution in [0.4, 0.5) is 5.82 Å². The van der Waals surface area contributed by atoms with Gasteiger partial charge in [-0.25, -0.2) is 0 Å². The van der Waals surface area contributed by atoms with Crippen LogP contribution in [0.1, 0.15) is 12.5 Å². The summed E-state index contributed by atoms with van der Waals surface area (Å²) >= 11 is 0. The first-order chi connectivity index (χ1) is 12.3. The van der Waals surface area contributed by atoms with E-state index < -0.39 is 0 Å². The number of nitrogens with zero attached hydrogens (tertiary/aromatic N) is 6. The zero-order chi connectivity index (χ0) is 17.1. The van der Waals surface area contributed by atoms with E-state index in [2.05, 4.69) is 68.4 Å². The Morgan fingerprint density at radius 2 is 2.00 bits per heavy atom. The molecule has 0 amide bonds. The first-order valence-electron chi connectivity index (χ1n) is 8.67. The molecule has 3 aromatic rings. The number of aromatic nitrogens is 4. The second-order valence-corrected chi connectivity index (χ2v) is 6.44. The highest BCUT2D eigenvalue weighted by Gasteiger charge is 2.24. The molecule has 1 aliphatic heterocycles. The molecule has 6 nitrogen and oxygen atoms in total. The van der Waals surface area contributed by atoms with Gasteiger partial charge in [0.15, 0.2) is 5.65 Å². The summed E-state index contributed by atoms with van der Waals surface area (Å²) < 4.78 is 1.73. The van der Waals surface area contributed by atoms with Gasteiger partial charge in [0.05, 0.1) is 0 Å². The molecule has 0 aliphatic carbocycles. The average molecular weight is 334 g/mol. The monoisotopic (exact) mass is 334 g/mol. The molecular formula is C19H22N6. The molecule has 1 aliphatic rings. The SMILES string of the molecule is CC1CN(C/C=C/c2ccccc2)CCN1c1ccc2nncn2n1. The van der Waals surface area contributed by atoms with Gasteiger partial charge < -0.3 is 4.90 Å². The van der Waals surface area contributed by atoms with Crippen molar-refractivity contribution in [2.24, 2.45) is 0 Å². The van der Waals surface area contributed by atoms with Crippen molar-refractivity contribution in [3.05, 3.63) is 60.4 Å². The van der Waals surface area contributed by atoms with E-state index in [1.165, 1.54) is 5.56 Å². The van der Waals surface area contributed by atoms with Gasteiger partial charge in [0.2, 0.25) is 0 Å². The quantitative estimate of drug-likeness (QED) is 0.733. The summed E-state index contributed by atoms with van der Waals surface area (Å²) in [5.41, 5.74) is 2.03. The molecule has 3 heterocycles. The molecule has 25 heavy (non-hydrogen) atoms. The highest BCUT2D eigenvalue weighted by Crippen LogP contribution is 2.18. The predicted octanol–water partition coefficient (Wildman–Crippen LogP) is 2.35. The van der Waals surface area contributed by atoms with E-state index in [-0.39, 0.29) is 0 Å². The van der Waals surface area contributed by atoms with Crippen LogP contribution in [0.15, 0.2) is 54.9 Å². The van der Waals surface area contributed by atoms with Crippen molar-refractivity contribution in [1.29, 1.82) is 0 Å². The maximum Gasteiger partial charge on any atom is 0.177 e. The van der Waals surface area contributed by atoms with Crippen LogP contribution < -0.4 is 4.90 Å². The third-order valence-electron chi connectivity index (χ3n) is 4.63. The topological polar surface area (TPSA) is 49.6 Å². The summed E-state index contributed by atoms with van der Waals surface area (Å²) in [6.07, 6.45) is 6.09. The summed E-state index contributed by atoms with van der Waals surface area (Å²) in [6.45, 7) is 6.27. The molecule has 4 rings (SSSR count). The van der Waals surface area contributed by atoms with Gasteiger partial charge in [-0.2, -0.15) is 4.52 Å². The van der Waals surface area contributed by atoms with Crippen LogP contribution in [0.25, 0.3) is 11.7 Å². The van der Waals surface area contributed by atoms with E-state index in [4.69, 9.17) is 0 Å². The Kier molecular flexibility index (Phi) is 4.43. The Bertz CT molecular complexity index is 856. The lowest BCUT2D eigenvalue weighted by atomic mass is 10.1.